The summed E-state index contributed by atoms with van der Waals surface area (Å²) in [5, 5.41) is 8.06. The van der Waals surface area contributed by atoms with Gasteiger partial charge >= 0.3 is 0 Å². The minimum Gasteiger partial charge on any atom is -0.212 e. The van der Waals surface area contributed by atoms with E-state index in [9.17, 15) is 8.42 Å². The molecule has 0 unspecified atom stereocenters. The fourth-order valence-electron chi connectivity index (χ4n) is 1.03. The van der Waals surface area contributed by atoms with Crippen molar-refractivity contribution in [3.05, 3.63) is 0 Å². The molecule has 12 heavy (non-hydrogen) atoms. The van der Waals surface area contributed by atoms with Gasteiger partial charge < -0.3 is 0 Å². The van der Waals surface area contributed by atoms with Gasteiger partial charge in [0.25, 0.3) is 0 Å². The molecule has 0 aromatic heterocycles. The average molecular weight is 188 g/mol. The van der Waals surface area contributed by atoms with Crippen molar-refractivity contribution in [3.8, 4) is 6.07 Å². The Morgan fingerprint density at radius 2 is 2.00 bits per heavy atom. The minimum absolute atomic E-state index is 0.0986. The molecule has 0 aliphatic carbocycles. The first-order valence-corrected chi connectivity index (χ1v) is 5.37. The highest BCUT2D eigenvalue weighted by atomic mass is 32.2. The molecule has 1 aliphatic heterocycles. The van der Waals surface area contributed by atoms with Crippen molar-refractivity contribution < 1.29 is 8.42 Å². The maximum atomic E-state index is 11.4. The maximum absolute atomic E-state index is 11.4. The molecule has 0 saturated carbocycles. The number of sulfonamides is 1. The van der Waals surface area contributed by atoms with Crippen molar-refractivity contribution >= 4 is 10.0 Å². The summed E-state index contributed by atoms with van der Waals surface area (Å²) in [5.74, 6) is -0.0986. The predicted octanol–water partition coefficient (Wildman–Crippen LogP) is 0.180. The fourth-order valence-corrected chi connectivity index (χ4v) is 2.40. The van der Waals surface area contributed by atoms with Crippen LogP contribution >= 0.6 is 0 Å². The quantitative estimate of drug-likeness (QED) is 0.621. The SMILES string of the molecule is CC(C)S(=O)(=O)N1CC(C#N)C1. The van der Waals surface area contributed by atoms with Crippen molar-refractivity contribution in [2.24, 2.45) is 5.92 Å². The van der Waals surface area contributed by atoms with Crippen LogP contribution in [0.4, 0.5) is 0 Å². The summed E-state index contributed by atoms with van der Waals surface area (Å²) >= 11 is 0. The van der Waals surface area contributed by atoms with Gasteiger partial charge in [0, 0.05) is 13.1 Å². The standard InChI is InChI=1S/C7H12N2O2S/c1-6(2)12(10,11)9-4-7(3-8)5-9/h6-7H,4-5H2,1-2H3. The first-order valence-electron chi connectivity index (χ1n) is 3.87. The van der Waals surface area contributed by atoms with Crippen LogP contribution < -0.4 is 0 Å². The van der Waals surface area contributed by atoms with E-state index >= 15 is 0 Å². The third-order valence-corrected chi connectivity index (χ3v) is 4.20. The van der Waals surface area contributed by atoms with Crippen LogP contribution in [0.3, 0.4) is 0 Å². The Morgan fingerprint density at radius 3 is 2.33 bits per heavy atom. The molecule has 0 bridgehead atoms. The van der Waals surface area contributed by atoms with Crippen molar-refractivity contribution in [1.29, 1.82) is 5.26 Å². The zero-order valence-electron chi connectivity index (χ0n) is 7.19. The molecule has 1 heterocycles. The molecular weight excluding hydrogens is 176 g/mol. The molecule has 68 valence electrons. The molecule has 0 aromatic rings. The lowest BCUT2D eigenvalue weighted by molar-refractivity contribution is 0.247. The number of hydrogen-bond acceptors (Lipinski definition) is 3. The van der Waals surface area contributed by atoms with Crippen LogP contribution in [0.15, 0.2) is 0 Å². The van der Waals surface area contributed by atoms with Crippen LogP contribution in [0.25, 0.3) is 0 Å². The molecule has 0 N–H and O–H groups in total. The monoisotopic (exact) mass is 188 g/mol. The molecule has 0 atom stereocenters. The Morgan fingerprint density at radius 1 is 1.50 bits per heavy atom. The highest BCUT2D eigenvalue weighted by Gasteiger charge is 2.37. The number of nitrogens with zero attached hydrogens (tertiary/aromatic N) is 2. The van der Waals surface area contributed by atoms with Crippen LogP contribution in [0, 0.1) is 17.2 Å². The van der Waals surface area contributed by atoms with Gasteiger partial charge in [-0.15, -0.1) is 0 Å². The van der Waals surface area contributed by atoms with Gasteiger partial charge in [0.1, 0.15) is 0 Å². The summed E-state index contributed by atoms with van der Waals surface area (Å²) in [6.45, 7) is 4.04. The fraction of sp³-hybridized carbons (Fsp3) is 0.857. The van der Waals surface area contributed by atoms with E-state index in [1.54, 1.807) is 13.8 Å². The van der Waals surface area contributed by atoms with Crippen molar-refractivity contribution in [3.63, 3.8) is 0 Å². The molecular formula is C7H12N2O2S. The first-order chi connectivity index (χ1) is 5.48. The number of rotatable bonds is 2. The lowest BCUT2D eigenvalue weighted by Crippen LogP contribution is -2.51. The van der Waals surface area contributed by atoms with Crippen LogP contribution in [-0.4, -0.2) is 31.1 Å². The highest BCUT2D eigenvalue weighted by Crippen LogP contribution is 2.21. The second-order valence-corrected chi connectivity index (χ2v) is 5.73. The third kappa shape index (κ3) is 1.45. The molecule has 1 aliphatic rings. The van der Waals surface area contributed by atoms with E-state index in [0.717, 1.165) is 0 Å². The number of hydrogen-bond donors (Lipinski definition) is 0. The van der Waals surface area contributed by atoms with Gasteiger partial charge in [-0.1, -0.05) is 0 Å². The Labute approximate surface area is 72.8 Å². The van der Waals surface area contributed by atoms with Gasteiger partial charge in [0.15, 0.2) is 0 Å². The van der Waals surface area contributed by atoms with Gasteiger partial charge in [-0.3, -0.25) is 0 Å². The van der Waals surface area contributed by atoms with Gasteiger partial charge in [0.05, 0.1) is 17.2 Å². The maximum Gasteiger partial charge on any atom is 0.216 e. The zero-order chi connectivity index (χ0) is 9.35. The molecule has 1 rings (SSSR count). The molecule has 0 amide bonds. The molecule has 5 heteroatoms. The summed E-state index contributed by atoms with van der Waals surface area (Å²) in [6, 6.07) is 2.04. The van der Waals surface area contributed by atoms with Gasteiger partial charge in [0.2, 0.25) is 10.0 Å². The minimum atomic E-state index is -3.10. The van der Waals surface area contributed by atoms with Crippen LogP contribution in [-0.2, 0) is 10.0 Å². The summed E-state index contributed by atoms with van der Waals surface area (Å²) in [4.78, 5) is 0. The third-order valence-electron chi connectivity index (χ3n) is 1.99. The molecule has 1 fully saturated rings. The second kappa shape index (κ2) is 3.04. The lowest BCUT2D eigenvalue weighted by Gasteiger charge is -2.35. The normalized spacial score (nSPS) is 20.5. The van der Waals surface area contributed by atoms with Gasteiger partial charge in [-0.25, -0.2) is 8.42 Å². The summed E-state index contributed by atoms with van der Waals surface area (Å²) in [5.41, 5.74) is 0. The van der Waals surface area contributed by atoms with Crippen LogP contribution in [0.1, 0.15) is 13.8 Å². The average Bonchev–Trinajstić information content (AvgIpc) is 1.84. The van der Waals surface area contributed by atoms with E-state index in [4.69, 9.17) is 5.26 Å². The van der Waals surface area contributed by atoms with E-state index in [0.29, 0.717) is 13.1 Å². The van der Waals surface area contributed by atoms with Crippen LogP contribution in [0.5, 0.6) is 0 Å². The zero-order valence-corrected chi connectivity index (χ0v) is 8.00. The van der Waals surface area contributed by atoms with Crippen molar-refractivity contribution in [2.75, 3.05) is 13.1 Å². The van der Waals surface area contributed by atoms with Gasteiger partial charge in [-0.05, 0) is 13.8 Å². The van der Waals surface area contributed by atoms with Crippen molar-refractivity contribution in [1.82, 2.24) is 4.31 Å². The first kappa shape index (κ1) is 9.49. The van der Waals surface area contributed by atoms with E-state index in [2.05, 4.69) is 0 Å². The molecule has 1 saturated heterocycles. The smallest absolute Gasteiger partial charge is 0.212 e. The molecule has 0 aromatic carbocycles. The summed E-state index contributed by atoms with van der Waals surface area (Å²) in [7, 11) is -3.10. The topological polar surface area (TPSA) is 61.2 Å². The number of nitriles is 1. The molecule has 0 spiro atoms. The predicted molar refractivity (Wildman–Crippen MR) is 44.7 cm³/mol. The Balaban J connectivity index is 2.60. The Hall–Kier alpha value is -0.600. The van der Waals surface area contributed by atoms with E-state index in [1.807, 2.05) is 6.07 Å². The Kier molecular flexibility index (Phi) is 2.40. The molecule has 0 radical (unpaired) electrons. The van der Waals surface area contributed by atoms with E-state index in [-0.39, 0.29) is 11.2 Å². The van der Waals surface area contributed by atoms with E-state index in [1.165, 1.54) is 4.31 Å². The second-order valence-electron chi connectivity index (χ2n) is 3.24. The van der Waals surface area contributed by atoms with Crippen LogP contribution in [0.2, 0.25) is 0 Å². The molecule has 4 nitrogen and oxygen atoms in total. The Bertz CT molecular complexity index is 296. The summed E-state index contributed by atoms with van der Waals surface area (Å²) < 4.78 is 24.1. The van der Waals surface area contributed by atoms with Gasteiger partial charge in [-0.2, -0.15) is 9.57 Å². The largest absolute Gasteiger partial charge is 0.216 e. The lowest BCUT2D eigenvalue weighted by atomic mass is 10.1. The summed E-state index contributed by atoms with van der Waals surface area (Å²) in [6.07, 6.45) is 0. The highest BCUT2D eigenvalue weighted by molar-refractivity contribution is 7.89. The van der Waals surface area contributed by atoms with E-state index < -0.39 is 10.0 Å². The van der Waals surface area contributed by atoms with Crippen molar-refractivity contribution in [2.45, 2.75) is 19.1 Å².